The molecule has 1 heterocycles. The molecule has 1 saturated heterocycles. The molecule has 150 valence electrons. The van der Waals surface area contributed by atoms with Gasteiger partial charge >= 0.3 is 6.09 Å². The molecule has 1 aromatic rings. The van der Waals surface area contributed by atoms with Crippen molar-refractivity contribution in [2.45, 2.75) is 52.3 Å². The van der Waals surface area contributed by atoms with Crippen LogP contribution in [0.15, 0.2) is 24.3 Å². The van der Waals surface area contributed by atoms with E-state index in [0.29, 0.717) is 13.1 Å². The smallest absolute Gasteiger partial charge is 0.408 e. The van der Waals surface area contributed by atoms with Gasteiger partial charge in [-0.3, -0.25) is 4.79 Å². The lowest BCUT2D eigenvalue weighted by atomic mass is 10.1. The van der Waals surface area contributed by atoms with Crippen molar-refractivity contribution in [2.75, 3.05) is 31.6 Å². The Kier molecular flexibility index (Phi) is 6.57. The molecule has 1 fully saturated rings. The number of carbonyl (C=O) groups excluding carboxylic acids is 2. The Morgan fingerprint density at radius 2 is 1.96 bits per heavy atom. The van der Waals surface area contributed by atoms with Crippen LogP contribution >= 0.6 is 0 Å². The fourth-order valence-corrected chi connectivity index (χ4v) is 3.15. The first kappa shape index (κ1) is 20.9. The van der Waals surface area contributed by atoms with Crippen LogP contribution in [0.3, 0.4) is 0 Å². The van der Waals surface area contributed by atoms with Crippen molar-refractivity contribution in [1.29, 1.82) is 0 Å². The second kappa shape index (κ2) is 8.50. The molecule has 1 aliphatic heterocycles. The molecular formula is C20H31N3O4. The second-order valence-corrected chi connectivity index (χ2v) is 7.90. The highest BCUT2D eigenvalue weighted by atomic mass is 16.6. The lowest BCUT2D eigenvalue weighted by molar-refractivity contribution is -0.133. The summed E-state index contributed by atoms with van der Waals surface area (Å²) in [5.41, 5.74) is 0.484. The summed E-state index contributed by atoms with van der Waals surface area (Å²) in [6.45, 7) is 11.1. The Labute approximate surface area is 161 Å². The monoisotopic (exact) mass is 377 g/mol. The SMILES string of the molecule is COc1cccc(N2CCN(C(=O)[C@@H](C)NC(=O)OC(C)(C)C)C[C@@H]2C)c1. The second-order valence-electron chi connectivity index (χ2n) is 7.90. The third-order valence-electron chi connectivity index (χ3n) is 4.43. The van der Waals surface area contributed by atoms with Crippen LogP contribution in [-0.2, 0) is 9.53 Å². The van der Waals surface area contributed by atoms with Crippen molar-refractivity contribution in [3.63, 3.8) is 0 Å². The lowest BCUT2D eigenvalue weighted by Crippen LogP contribution is -2.57. The van der Waals surface area contributed by atoms with E-state index in [9.17, 15) is 9.59 Å². The van der Waals surface area contributed by atoms with E-state index in [4.69, 9.17) is 9.47 Å². The first-order valence-corrected chi connectivity index (χ1v) is 9.29. The molecule has 2 rings (SSSR count). The molecule has 1 N–H and O–H groups in total. The number of rotatable bonds is 4. The molecule has 0 aliphatic carbocycles. The number of amides is 2. The van der Waals surface area contributed by atoms with E-state index in [-0.39, 0.29) is 11.9 Å². The Morgan fingerprint density at radius 1 is 1.26 bits per heavy atom. The standard InChI is InChI=1S/C20H31N3O4/c1-14-13-22(18(24)15(2)21-19(25)27-20(3,4)5)10-11-23(14)16-8-7-9-17(12-16)26-6/h7-9,12,14-15H,10-11,13H2,1-6H3,(H,21,25)/t14-,15+/m0/s1. The van der Waals surface area contributed by atoms with Crippen molar-refractivity contribution in [1.82, 2.24) is 10.2 Å². The number of alkyl carbamates (subject to hydrolysis) is 1. The average Bonchev–Trinajstić information content (AvgIpc) is 2.59. The van der Waals surface area contributed by atoms with Crippen molar-refractivity contribution in [2.24, 2.45) is 0 Å². The Balaban J connectivity index is 1.94. The highest BCUT2D eigenvalue weighted by Gasteiger charge is 2.30. The third-order valence-corrected chi connectivity index (χ3v) is 4.43. The van der Waals surface area contributed by atoms with Gasteiger partial charge in [0.1, 0.15) is 17.4 Å². The summed E-state index contributed by atoms with van der Waals surface area (Å²) in [5.74, 6) is 0.714. The first-order chi connectivity index (χ1) is 12.6. The van der Waals surface area contributed by atoms with Gasteiger partial charge in [0.05, 0.1) is 7.11 Å². The quantitative estimate of drug-likeness (QED) is 0.873. The number of anilines is 1. The van der Waals surface area contributed by atoms with E-state index in [1.165, 1.54) is 0 Å². The predicted molar refractivity (Wildman–Crippen MR) is 105 cm³/mol. The van der Waals surface area contributed by atoms with Gasteiger partial charge in [0.15, 0.2) is 0 Å². The first-order valence-electron chi connectivity index (χ1n) is 9.29. The fraction of sp³-hybridized carbons (Fsp3) is 0.600. The largest absolute Gasteiger partial charge is 0.497 e. The molecule has 0 unspecified atom stereocenters. The Bertz CT molecular complexity index is 671. The van der Waals surface area contributed by atoms with Crippen LogP contribution in [0.4, 0.5) is 10.5 Å². The number of hydrogen-bond acceptors (Lipinski definition) is 5. The van der Waals surface area contributed by atoms with Gasteiger partial charge in [0.2, 0.25) is 5.91 Å². The number of nitrogens with one attached hydrogen (secondary N) is 1. The summed E-state index contributed by atoms with van der Waals surface area (Å²) in [4.78, 5) is 28.7. The van der Waals surface area contributed by atoms with Crippen LogP contribution in [0, 0.1) is 0 Å². The summed E-state index contributed by atoms with van der Waals surface area (Å²) >= 11 is 0. The van der Waals surface area contributed by atoms with Crippen LogP contribution in [-0.4, -0.2) is 61.3 Å². The zero-order chi connectivity index (χ0) is 20.2. The number of nitrogens with zero attached hydrogens (tertiary/aromatic N) is 2. The number of methoxy groups -OCH3 is 1. The van der Waals surface area contributed by atoms with Gasteiger partial charge < -0.3 is 24.6 Å². The van der Waals surface area contributed by atoms with Crippen LogP contribution in [0.2, 0.25) is 0 Å². The van der Waals surface area contributed by atoms with Gasteiger partial charge in [-0.05, 0) is 46.8 Å². The van der Waals surface area contributed by atoms with Crippen LogP contribution in [0.25, 0.3) is 0 Å². The highest BCUT2D eigenvalue weighted by Crippen LogP contribution is 2.25. The molecule has 0 radical (unpaired) electrons. The maximum atomic E-state index is 12.7. The van der Waals surface area contributed by atoms with Crippen molar-refractivity contribution < 1.29 is 19.1 Å². The molecule has 27 heavy (non-hydrogen) atoms. The summed E-state index contributed by atoms with van der Waals surface area (Å²) in [6.07, 6.45) is -0.577. The summed E-state index contributed by atoms with van der Waals surface area (Å²) in [5, 5.41) is 2.62. The van der Waals surface area contributed by atoms with E-state index < -0.39 is 17.7 Å². The normalized spacial score (nSPS) is 18.7. The van der Waals surface area contributed by atoms with Gasteiger partial charge in [0.25, 0.3) is 0 Å². The molecule has 2 atom stereocenters. The van der Waals surface area contributed by atoms with Crippen molar-refractivity contribution in [3.05, 3.63) is 24.3 Å². The van der Waals surface area contributed by atoms with E-state index in [1.807, 2.05) is 24.3 Å². The van der Waals surface area contributed by atoms with Crippen LogP contribution in [0.1, 0.15) is 34.6 Å². The number of piperazine rings is 1. The number of hydrogen-bond donors (Lipinski definition) is 1. The topological polar surface area (TPSA) is 71.1 Å². The summed E-state index contributed by atoms with van der Waals surface area (Å²) in [6, 6.07) is 7.45. The van der Waals surface area contributed by atoms with Gasteiger partial charge in [-0.25, -0.2) is 4.79 Å². The maximum absolute atomic E-state index is 12.7. The van der Waals surface area contributed by atoms with E-state index in [1.54, 1.807) is 39.7 Å². The molecule has 0 aromatic heterocycles. The van der Waals surface area contributed by atoms with Gasteiger partial charge in [0, 0.05) is 37.4 Å². The number of ether oxygens (including phenoxy) is 2. The molecule has 7 heteroatoms. The van der Waals surface area contributed by atoms with E-state index in [0.717, 1.165) is 18.0 Å². The van der Waals surface area contributed by atoms with Gasteiger partial charge in [-0.1, -0.05) is 6.07 Å². The minimum atomic E-state index is -0.629. The molecular weight excluding hydrogens is 346 g/mol. The zero-order valence-corrected chi connectivity index (χ0v) is 17.1. The minimum absolute atomic E-state index is 0.0991. The number of carbonyl (C=O) groups is 2. The van der Waals surface area contributed by atoms with E-state index in [2.05, 4.69) is 17.1 Å². The van der Waals surface area contributed by atoms with Gasteiger partial charge in [-0.15, -0.1) is 0 Å². The zero-order valence-electron chi connectivity index (χ0n) is 17.1. The predicted octanol–water partition coefficient (Wildman–Crippen LogP) is 2.65. The third kappa shape index (κ3) is 5.77. The molecule has 2 amide bonds. The van der Waals surface area contributed by atoms with Crippen molar-refractivity contribution in [3.8, 4) is 5.75 Å². The van der Waals surface area contributed by atoms with E-state index >= 15 is 0 Å². The van der Waals surface area contributed by atoms with Crippen LogP contribution in [0.5, 0.6) is 5.75 Å². The van der Waals surface area contributed by atoms with Crippen LogP contribution < -0.4 is 15.0 Å². The maximum Gasteiger partial charge on any atom is 0.408 e. The number of benzene rings is 1. The summed E-state index contributed by atoms with van der Waals surface area (Å²) in [7, 11) is 1.65. The molecule has 0 bridgehead atoms. The molecule has 0 spiro atoms. The molecule has 1 aliphatic rings. The van der Waals surface area contributed by atoms with Crippen molar-refractivity contribution >= 4 is 17.7 Å². The lowest BCUT2D eigenvalue weighted by Gasteiger charge is -2.42. The molecule has 7 nitrogen and oxygen atoms in total. The summed E-state index contributed by atoms with van der Waals surface area (Å²) < 4.78 is 10.5. The Morgan fingerprint density at radius 3 is 2.56 bits per heavy atom. The molecule has 0 saturated carbocycles. The average molecular weight is 377 g/mol. The fourth-order valence-electron chi connectivity index (χ4n) is 3.15. The molecule has 1 aromatic carbocycles. The highest BCUT2D eigenvalue weighted by molar-refractivity contribution is 5.85. The van der Waals surface area contributed by atoms with Gasteiger partial charge in [-0.2, -0.15) is 0 Å². The Hall–Kier alpha value is -2.44. The minimum Gasteiger partial charge on any atom is -0.497 e.